The number of hydrogen-bond donors (Lipinski definition) is 3. The highest BCUT2D eigenvalue weighted by Gasteiger charge is 2.29. The molecule has 0 aromatic carbocycles. The van der Waals surface area contributed by atoms with Gasteiger partial charge in [-0.1, -0.05) is 20.8 Å². The first-order valence-electron chi connectivity index (χ1n) is 10.7. The lowest BCUT2D eigenvalue weighted by atomic mass is 9.76. The van der Waals surface area contributed by atoms with E-state index in [4.69, 9.17) is 0 Å². The molecule has 1 aliphatic carbocycles. The molecule has 0 fully saturated rings. The van der Waals surface area contributed by atoms with Crippen LogP contribution in [0.5, 0.6) is 0 Å². The van der Waals surface area contributed by atoms with E-state index < -0.39 is 0 Å². The van der Waals surface area contributed by atoms with Gasteiger partial charge in [0.1, 0.15) is 17.5 Å². The molecule has 0 aliphatic heterocycles. The maximum atomic E-state index is 12.0. The normalized spacial score (nSPS) is 14.7. The Hall–Kier alpha value is -3.29. The van der Waals surface area contributed by atoms with Gasteiger partial charge in [-0.25, -0.2) is 15.0 Å². The minimum atomic E-state index is -0.0756. The molecule has 162 valence electrons. The summed E-state index contributed by atoms with van der Waals surface area (Å²) < 4.78 is 0. The number of H-pyrrole nitrogens is 1. The number of aromatic nitrogens is 5. The molecule has 0 unspecified atom stereocenters. The molecule has 0 saturated carbocycles. The molecule has 4 rings (SSSR count). The van der Waals surface area contributed by atoms with Gasteiger partial charge in [-0.05, 0) is 43.7 Å². The number of aromatic amines is 1. The predicted octanol–water partition coefficient (Wildman–Crippen LogP) is 4.05. The summed E-state index contributed by atoms with van der Waals surface area (Å²) in [5.41, 5.74) is 5.56. The Morgan fingerprint density at radius 1 is 1.19 bits per heavy atom. The minimum Gasteiger partial charge on any atom is -0.366 e. The Labute approximate surface area is 182 Å². The molecule has 0 atom stereocenters. The summed E-state index contributed by atoms with van der Waals surface area (Å²) in [5, 5.41) is 14.1. The van der Waals surface area contributed by atoms with Crippen molar-refractivity contribution < 1.29 is 4.79 Å². The van der Waals surface area contributed by atoms with E-state index in [0.29, 0.717) is 24.6 Å². The van der Waals surface area contributed by atoms with Crippen LogP contribution in [0.4, 0.5) is 11.6 Å². The van der Waals surface area contributed by atoms with Crippen LogP contribution in [0, 0.1) is 12.3 Å². The number of pyridine rings is 1. The topological polar surface area (TPSA) is 108 Å². The van der Waals surface area contributed by atoms with Crippen LogP contribution in [0.15, 0.2) is 24.5 Å². The van der Waals surface area contributed by atoms with Crippen molar-refractivity contribution in [1.29, 1.82) is 0 Å². The number of rotatable bonds is 6. The first-order chi connectivity index (χ1) is 14.8. The molecule has 3 N–H and O–H groups in total. The summed E-state index contributed by atoms with van der Waals surface area (Å²) in [5.74, 6) is 1.84. The van der Waals surface area contributed by atoms with Crippen LogP contribution in [-0.4, -0.2) is 31.1 Å². The van der Waals surface area contributed by atoms with Crippen LogP contribution in [0.3, 0.4) is 0 Å². The molecule has 0 saturated heterocycles. The van der Waals surface area contributed by atoms with Crippen LogP contribution in [0.2, 0.25) is 0 Å². The average Bonchev–Trinajstić information content (AvgIpc) is 3.15. The lowest BCUT2D eigenvalue weighted by molar-refractivity contribution is -0.115. The van der Waals surface area contributed by atoms with Crippen LogP contribution in [0.25, 0.3) is 11.3 Å². The van der Waals surface area contributed by atoms with E-state index in [1.165, 1.54) is 11.3 Å². The van der Waals surface area contributed by atoms with Crippen molar-refractivity contribution in [2.24, 2.45) is 5.41 Å². The molecular weight excluding hydrogens is 390 g/mol. The number of anilines is 2. The molecule has 8 heteroatoms. The number of carbonyl (C=O) groups is 1. The van der Waals surface area contributed by atoms with Gasteiger partial charge >= 0.3 is 0 Å². The molecule has 3 aromatic rings. The third-order valence-electron chi connectivity index (χ3n) is 5.66. The van der Waals surface area contributed by atoms with Gasteiger partial charge in [0, 0.05) is 47.7 Å². The van der Waals surface area contributed by atoms with E-state index in [1.54, 1.807) is 12.4 Å². The Balaban J connectivity index is 1.65. The largest absolute Gasteiger partial charge is 0.366 e. The fraction of sp³-hybridized carbons (Fsp3) is 0.435. The zero-order chi connectivity index (χ0) is 22.0. The molecule has 1 aliphatic rings. The van der Waals surface area contributed by atoms with Crippen molar-refractivity contribution in [2.75, 3.05) is 10.6 Å². The number of amides is 1. The van der Waals surface area contributed by atoms with Gasteiger partial charge in [0.15, 0.2) is 0 Å². The Bertz CT molecular complexity index is 1090. The SMILES string of the molecule is CCC(=O)Nc1cc(-c2n[nH]c3c2CCC(C)(C)C3)cc(NCc2cnc(C)nc2)n1. The number of hydrogen-bond acceptors (Lipinski definition) is 6. The highest BCUT2D eigenvalue weighted by molar-refractivity contribution is 5.90. The Kier molecular flexibility index (Phi) is 5.71. The number of nitrogens with zero attached hydrogens (tertiary/aromatic N) is 4. The summed E-state index contributed by atoms with van der Waals surface area (Å²) in [4.78, 5) is 25.0. The summed E-state index contributed by atoms with van der Waals surface area (Å²) >= 11 is 0. The number of aryl methyl sites for hydroxylation is 1. The van der Waals surface area contributed by atoms with Crippen molar-refractivity contribution in [1.82, 2.24) is 25.1 Å². The average molecular weight is 420 g/mol. The van der Waals surface area contributed by atoms with E-state index in [2.05, 4.69) is 49.6 Å². The second kappa shape index (κ2) is 8.45. The molecule has 3 heterocycles. The van der Waals surface area contributed by atoms with Gasteiger partial charge in [0.2, 0.25) is 5.91 Å². The standard InChI is InChI=1S/C23H29N7O/c1-5-21(31)28-20-9-16(22-17-6-7-23(3,4)10-18(17)29-30-22)8-19(27-20)26-13-15-11-24-14(2)25-12-15/h8-9,11-12H,5-7,10,13H2,1-4H3,(H,29,30)(H2,26,27,28,31). The van der Waals surface area contributed by atoms with Crippen molar-refractivity contribution in [2.45, 2.75) is 59.9 Å². The molecule has 0 bridgehead atoms. The van der Waals surface area contributed by atoms with E-state index in [9.17, 15) is 4.79 Å². The summed E-state index contributed by atoms with van der Waals surface area (Å²) in [6.45, 7) is 8.79. The van der Waals surface area contributed by atoms with Gasteiger partial charge in [-0.2, -0.15) is 5.10 Å². The summed E-state index contributed by atoms with van der Waals surface area (Å²) in [6.07, 6.45) is 7.07. The fourth-order valence-electron chi connectivity index (χ4n) is 3.84. The van der Waals surface area contributed by atoms with Crippen molar-refractivity contribution in [3.05, 3.63) is 47.2 Å². The summed E-state index contributed by atoms with van der Waals surface area (Å²) in [6, 6.07) is 3.87. The van der Waals surface area contributed by atoms with Crippen LogP contribution in [-0.2, 0) is 24.2 Å². The lowest BCUT2D eigenvalue weighted by Gasteiger charge is -2.29. The summed E-state index contributed by atoms with van der Waals surface area (Å²) in [7, 11) is 0. The molecule has 8 nitrogen and oxygen atoms in total. The smallest absolute Gasteiger partial charge is 0.225 e. The van der Waals surface area contributed by atoms with Gasteiger partial charge in [0.05, 0.1) is 5.69 Å². The van der Waals surface area contributed by atoms with Crippen molar-refractivity contribution in [3.63, 3.8) is 0 Å². The third-order valence-corrected chi connectivity index (χ3v) is 5.66. The highest BCUT2D eigenvalue weighted by Crippen LogP contribution is 2.38. The molecule has 0 radical (unpaired) electrons. The van der Waals surface area contributed by atoms with Gasteiger partial charge < -0.3 is 10.6 Å². The Morgan fingerprint density at radius 2 is 1.94 bits per heavy atom. The first-order valence-corrected chi connectivity index (χ1v) is 10.7. The Morgan fingerprint density at radius 3 is 2.68 bits per heavy atom. The maximum absolute atomic E-state index is 12.0. The zero-order valence-electron chi connectivity index (χ0n) is 18.5. The number of fused-ring (bicyclic) bond motifs is 1. The molecule has 0 spiro atoms. The zero-order valence-corrected chi connectivity index (χ0v) is 18.5. The fourth-order valence-corrected chi connectivity index (χ4v) is 3.84. The number of nitrogens with one attached hydrogen (secondary N) is 3. The van der Waals surface area contributed by atoms with Crippen LogP contribution >= 0.6 is 0 Å². The maximum Gasteiger partial charge on any atom is 0.225 e. The molecule has 31 heavy (non-hydrogen) atoms. The van der Waals surface area contributed by atoms with E-state index in [1.807, 2.05) is 26.0 Å². The second-order valence-corrected chi connectivity index (χ2v) is 8.89. The number of carbonyl (C=O) groups excluding carboxylic acids is 1. The van der Waals surface area contributed by atoms with E-state index >= 15 is 0 Å². The third kappa shape index (κ3) is 4.90. The van der Waals surface area contributed by atoms with E-state index in [0.717, 1.165) is 41.9 Å². The monoisotopic (exact) mass is 419 g/mol. The lowest BCUT2D eigenvalue weighted by Crippen LogP contribution is -2.21. The van der Waals surface area contributed by atoms with Crippen molar-refractivity contribution >= 4 is 17.5 Å². The molecule has 3 aromatic heterocycles. The van der Waals surface area contributed by atoms with Gasteiger partial charge in [0.25, 0.3) is 0 Å². The minimum absolute atomic E-state index is 0.0756. The predicted molar refractivity (Wildman–Crippen MR) is 121 cm³/mol. The van der Waals surface area contributed by atoms with Crippen LogP contribution in [0.1, 0.15) is 56.3 Å². The van der Waals surface area contributed by atoms with Gasteiger partial charge in [-0.3, -0.25) is 9.89 Å². The highest BCUT2D eigenvalue weighted by atomic mass is 16.1. The first kappa shape index (κ1) is 21.0. The van der Waals surface area contributed by atoms with Gasteiger partial charge in [-0.15, -0.1) is 0 Å². The molecular formula is C23H29N7O. The van der Waals surface area contributed by atoms with Crippen LogP contribution < -0.4 is 10.6 Å². The van der Waals surface area contributed by atoms with E-state index in [-0.39, 0.29) is 11.3 Å². The quantitative estimate of drug-likeness (QED) is 0.556. The second-order valence-electron chi connectivity index (χ2n) is 8.89. The molecule has 1 amide bonds. The van der Waals surface area contributed by atoms with Crippen molar-refractivity contribution in [3.8, 4) is 11.3 Å².